The maximum absolute atomic E-state index is 13.3. The molecule has 37 heavy (non-hydrogen) atoms. The van der Waals surface area contributed by atoms with Crippen LogP contribution in [0.4, 0.5) is 11.4 Å². The molecule has 0 atom stereocenters. The van der Waals surface area contributed by atoms with Crippen molar-refractivity contribution in [2.45, 2.75) is 37.0 Å². The molecule has 0 spiro atoms. The van der Waals surface area contributed by atoms with Crippen molar-refractivity contribution >= 4 is 48.9 Å². The van der Waals surface area contributed by atoms with Crippen molar-refractivity contribution in [1.29, 1.82) is 0 Å². The van der Waals surface area contributed by atoms with Crippen LogP contribution in [0.25, 0.3) is 0 Å². The standard InChI is InChI=1S/C26H28ClN3O5S2/c1-4-29(37(34,35)25-15-18(2)5-6-19(25)3)17-26(31)28-22-10-7-20-13-14-30(24(20)16-22)36(32,33)23-11-8-21(27)9-12-23/h5-12,15-16H,4,13-14,17H2,1-3H3,(H,28,31). The highest BCUT2D eigenvalue weighted by Crippen LogP contribution is 2.35. The van der Waals surface area contributed by atoms with E-state index in [0.29, 0.717) is 28.4 Å². The minimum absolute atomic E-state index is 0.112. The average molecular weight is 562 g/mol. The van der Waals surface area contributed by atoms with Gasteiger partial charge in [-0.3, -0.25) is 9.10 Å². The summed E-state index contributed by atoms with van der Waals surface area (Å²) in [7, 11) is -7.71. The second-order valence-corrected chi connectivity index (χ2v) is 13.1. The first-order valence-corrected chi connectivity index (χ1v) is 15.0. The number of carbonyl (C=O) groups excluding carboxylic acids is 1. The summed E-state index contributed by atoms with van der Waals surface area (Å²) in [6, 6.07) is 16.2. The van der Waals surface area contributed by atoms with Crippen LogP contribution >= 0.6 is 11.6 Å². The lowest BCUT2D eigenvalue weighted by atomic mass is 10.1. The minimum atomic E-state index is -3.89. The van der Waals surface area contributed by atoms with Crippen LogP contribution in [-0.2, 0) is 31.3 Å². The second kappa shape index (κ2) is 10.4. The molecule has 1 heterocycles. The molecule has 0 radical (unpaired) electrons. The fourth-order valence-corrected chi connectivity index (χ4v) is 7.60. The first-order valence-electron chi connectivity index (χ1n) is 11.7. The van der Waals surface area contributed by atoms with Gasteiger partial charge in [-0.25, -0.2) is 16.8 Å². The molecule has 0 saturated heterocycles. The second-order valence-electron chi connectivity index (χ2n) is 8.87. The molecule has 3 aromatic carbocycles. The van der Waals surface area contributed by atoms with Gasteiger partial charge in [-0.05, 0) is 79.4 Å². The van der Waals surface area contributed by atoms with Gasteiger partial charge in [-0.15, -0.1) is 0 Å². The largest absolute Gasteiger partial charge is 0.325 e. The third-order valence-corrected chi connectivity index (χ3v) is 10.4. The molecular weight excluding hydrogens is 534 g/mol. The topological polar surface area (TPSA) is 104 Å². The molecule has 0 aliphatic carbocycles. The molecule has 1 N–H and O–H groups in total. The predicted octanol–water partition coefficient (Wildman–Crippen LogP) is 4.36. The number of carbonyl (C=O) groups is 1. The number of hydrogen-bond donors (Lipinski definition) is 1. The summed E-state index contributed by atoms with van der Waals surface area (Å²) < 4.78 is 55.4. The van der Waals surface area contributed by atoms with Crippen LogP contribution in [0.2, 0.25) is 5.02 Å². The maximum Gasteiger partial charge on any atom is 0.264 e. The number of nitrogens with one attached hydrogen (secondary N) is 1. The van der Waals surface area contributed by atoms with Gasteiger partial charge in [-0.1, -0.05) is 36.7 Å². The summed E-state index contributed by atoms with van der Waals surface area (Å²) in [6.45, 7) is 5.21. The van der Waals surface area contributed by atoms with E-state index < -0.39 is 26.0 Å². The predicted molar refractivity (Wildman–Crippen MR) is 145 cm³/mol. The third kappa shape index (κ3) is 5.52. The Hall–Kier alpha value is -2.92. The number of likely N-dealkylation sites (N-methyl/N-ethyl adjacent to an activating group) is 1. The summed E-state index contributed by atoms with van der Waals surface area (Å²) in [5, 5.41) is 3.16. The molecule has 0 aromatic heterocycles. The smallest absolute Gasteiger partial charge is 0.264 e. The first kappa shape index (κ1) is 27.1. The Morgan fingerprint density at radius 2 is 1.70 bits per heavy atom. The molecule has 0 saturated carbocycles. The van der Waals surface area contributed by atoms with Gasteiger partial charge in [-0.2, -0.15) is 4.31 Å². The summed E-state index contributed by atoms with van der Waals surface area (Å²) in [5.74, 6) is -0.527. The van der Waals surface area contributed by atoms with Crippen molar-refractivity contribution in [1.82, 2.24) is 4.31 Å². The van der Waals surface area contributed by atoms with Gasteiger partial charge < -0.3 is 5.32 Å². The quantitative estimate of drug-likeness (QED) is 0.440. The number of sulfonamides is 2. The van der Waals surface area contributed by atoms with Gasteiger partial charge in [0, 0.05) is 23.8 Å². The number of rotatable bonds is 8. The summed E-state index contributed by atoms with van der Waals surface area (Å²) >= 11 is 5.91. The molecule has 3 aromatic rings. The van der Waals surface area contributed by atoms with E-state index in [2.05, 4.69) is 5.32 Å². The van der Waals surface area contributed by atoms with E-state index >= 15 is 0 Å². The van der Waals surface area contributed by atoms with Crippen LogP contribution in [0.1, 0.15) is 23.6 Å². The van der Waals surface area contributed by atoms with Crippen LogP contribution in [0.15, 0.2) is 70.5 Å². The number of aryl methyl sites for hydroxylation is 2. The molecule has 1 amide bonds. The Labute approximate surface area is 223 Å². The van der Waals surface area contributed by atoms with Gasteiger partial charge in [0.2, 0.25) is 15.9 Å². The number of amides is 1. The van der Waals surface area contributed by atoms with Gasteiger partial charge in [0.25, 0.3) is 10.0 Å². The van der Waals surface area contributed by atoms with Gasteiger partial charge in [0.1, 0.15) is 0 Å². The molecular formula is C26H28ClN3O5S2. The highest BCUT2D eigenvalue weighted by Gasteiger charge is 2.32. The van der Waals surface area contributed by atoms with Crippen molar-refractivity contribution in [2.24, 2.45) is 0 Å². The number of nitrogens with zero attached hydrogens (tertiary/aromatic N) is 2. The molecule has 0 bridgehead atoms. The van der Waals surface area contributed by atoms with Gasteiger partial charge in [0.15, 0.2) is 0 Å². The van der Waals surface area contributed by atoms with Crippen molar-refractivity contribution in [3.63, 3.8) is 0 Å². The zero-order valence-corrected chi connectivity index (χ0v) is 23.1. The molecule has 196 valence electrons. The number of fused-ring (bicyclic) bond motifs is 1. The van der Waals surface area contributed by atoms with Crippen LogP contribution in [0.3, 0.4) is 0 Å². The van der Waals surface area contributed by atoms with Crippen molar-refractivity contribution < 1.29 is 21.6 Å². The van der Waals surface area contributed by atoms with Crippen LogP contribution in [0.5, 0.6) is 0 Å². The molecule has 0 fully saturated rings. The Balaban J connectivity index is 1.54. The summed E-state index contributed by atoms with van der Waals surface area (Å²) in [4.78, 5) is 13.2. The van der Waals surface area contributed by atoms with Crippen LogP contribution in [0, 0.1) is 13.8 Å². The molecule has 4 rings (SSSR count). The van der Waals surface area contributed by atoms with Crippen molar-refractivity contribution in [3.8, 4) is 0 Å². The zero-order chi connectivity index (χ0) is 27.0. The molecule has 1 aliphatic rings. The van der Waals surface area contributed by atoms with Crippen molar-refractivity contribution in [2.75, 3.05) is 29.3 Å². The van der Waals surface area contributed by atoms with E-state index in [4.69, 9.17) is 11.6 Å². The lowest BCUT2D eigenvalue weighted by Gasteiger charge is -2.22. The lowest BCUT2D eigenvalue weighted by molar-refractivity contribution is -0.116. The van der Waals surface area contributed by atoms with E-state index in [1.807, 2.05) is 13.0 Å². The highest BCUT2D eigenvalue weighted by molar-refractivity contribution is 7.92. The summed E-state index contributed by atoms with van der Waals surface area (Å²) in [5.41, 5.74) is 3.10. The van der Waals surface area contributed by atoms with Crippen LogP contribution < -0.4 is 9.62 Å². The molecule has 1 aliphatic heterocycles. The number of halogens is 1. The van der Waals surface area contributed by atoms with Gasteiger partial charge in [0.05, 0.1) is 22.0 Å². The first-order chi connectivity index (χ1) is 17.4. The Bertz CT molecular complexity index is 1560. The van der Waals surface area contributed by atoms with Gasteiger partial charge >= 0.3 is 0 Å². The number of benzene rings is 3. The summed E-state index contributed by atoms with van der Waals surface area (Å²) in [6.07, 6.45) is 0.536. The third-order valence-electron chi connectivity index (χ3n) is 6.26. The van der Waals surface area contributed by atoms with Crippen LogP contribution in [-0.4, -0.2) is 46.7 Å². The average Bonchev–Trinajstić information content (AvgIpc) is 3.28. The fourth-order valence-electron chi connectivity index (χ4n) is 4.26. The van der Waals surface area contributed by atoms with E-state index in [9.17, 15) is 21.6 Å². The van der Waals surface area contributed by atoms with E-state index in [0.717, 1.165) is 15.4 Å². The Morgan fingerprint density at radius 1 is 1.00 bits per heavy atom. The Morgan fingerprint density at radius 3 is 2.38 bits per heavy atom. The normalized spacial score (nSPS) is 13.6. The van der Waals surface area contributed by atoms with Crippen molar-refractivity contribution in [3.05, 3.63) is 82.4 Å². The number of anilines is 2. The Kier molecular flexibility index (Phi) is 7.66. The lowest BCUT2D eigenvalue weighted by Crippen LogP contribution is -2.38. The minimum Gasteiger partial charge on any atom is -0.325 e. The highest BCUT2D eigenvalue weighted by atomic mass is 35.5. The fraction of sp³-hybridized carbons (Fsp3) is 0.269. The molecule has 11 heteroatoms. The monoisotopic (exact) mass is 561 g/mol. The molecule has 8 nitrogen and oxygen atoms in total. The van der Waals surface area contributed by atoms with E-state index in [1.54, 1.807) is 44.2 Å². The maximum atomic E-state index is 13.3. The molecule has 0 unspecified atom stereocenters. The zero-order valence-electron chi connectivity index (χ0n) is 20.7. The number of hydrogen-bond acceptors (Lipinski definition) is 5. The SMILES string of the molecule is CCN(CC(=O)Nc1ccc2c(c1)N(S(=O)(=O)c1ccc(Cl)cc1)CC2)S(=O)(=O)c1cc(C)ccc1C. The van der Waals surface area contributed by atoms with E-state index in [-0.39, 0.29) is 29.4 Å². The van der Waals surface area contributed by atoms with E-state index in [1.165, 1.54) is 28.6 Å².